The van der Waals surface area contributed by atoms with E-state index >= 15 is 0 Å². The lowest BCUT2D eigenvalue weighted by Crippen LogP contribution is -2.50. The van der Waals surface area contributed by atoms with Gasteiger partial charge in [0, 0.05) is 12.0 Å². The number of hydrogen-bond donors (Lipinski definition) is 2. The first-order valence-corrected chi connectivity index (χ1v) is 8.32. The fraction of sp³-hybridized carbons (Fsp3) is 0.350. The van der Waals surface area contributed by atoms with Crippen molar-refractivity contribution >= 4 is 18.3 Å². The van der Waals surface area contributed by atoms with E-state index < -0.39 is 6.04 Å². The monoisotopic (exact) mass is 344 g/mol. The van der Waals surface area contributed by atoms with Gasteiger partial charge in [-0.05, 0) is 30.4 Å². The number of amides is 1. The Labute approximate surface area is 150 Å². The molecular weight excluding hydrogens is 320 g/mol. The fourth-order valence-electron chi connectivity index (χ4n) is 3.31. The minimum atomic E-state index is -0.495. The van der Waals surface area contributed by atoms with Crippen molar-refractivity contribution in [2.45, 2.75) is 37.1 Å². The summed E-state index contributed by atoms with van der Waals surface area (Å²) < 4.78 is 0. The molecule has 0 radical (unpaired) electrons. The third-order valence-electron chi connectivity index (χ3n) is 4.93. The van der Waals surface area contributed by atoms with Gasteiger partial charge in [-0.2, -0.15) is 0 Å². The van der Waals surface area contributed by atoms with E-state index in [1.54, 1.807) is 0 Å². The van der Waals surface area contributed by atoms with Crippen molar-refractivity contribution in [3.63, 3.8) is 0 Å². The molecule has 0 spiro atoms. The maximum Gasteiger partial charge on any atom is 0.237 e. The first-order valence-electron chi connectivity index (χ1n) is 8.32. The van der Waals surface area contributed by atoms with Crippen molar-refractivity contribution in [1.82, 2.24) is 5.32 Å². The number of halogens is 1. The fourth-order valence-corrected chi connectivity index (χ4v) is 3.31. The molecule has 128 valence electrons. The SMILES string of the molecule is Cl.NC(Cc1ccccc1)C(=O)NCC1(c2ccccc2)CCC1. The molecule has 0 aliphatic heterocycles. The molecule has 2 aromatic rings. The highest BCUT2D eigenvalue weighted by molar-refractivity contribution is 5.85. The number of hydrogen-bond acceptors (Lipinski definition) is 2. The number of benzene rings is 2. The van der Waals surface area contributed by atoms with Gasteiger partial charge in [0.2, 0.25) is 5.91 Å². The summed E-state index contributed by atoms with van der Waals surface area (Å²) in [5.41, 5.74) is 8.58. The molecule has 0 bridgehead atoms. The topological polar surface area (TPSA) is 55.1 Å². The first-order chi connectivity index (χ1) is 11.2. The van der Waals surface area contributed by atoms with Gasteiger partial charge in [0.1, 0.15) is 0 Å². The van der Waals surface area contributed by atoms with Crippen molar-refractivity contribution in [3.05, 3.63) is 71.8 Å². The van der Waals surface area contributed by atoms with Crippen LogP contribution in [0.1, 0.15) is 30.4 Å². The zero-order chi connectivity index (χ0) is 16.1. The van der Waals surface area contributed by atoms with Crippen molar-refractivity contribution in [3.8, 4) is 0 Å². The van der Waals surface area contributed by atoms with Crippen molar-refractivity contribution in [2.75, 3.05) is 6.54 Å². The van der Waals surface area contributed by atoms with E-state index in [2.05, 4.69) is 29.6 Å². The molecule has 1 saturated carbocycles. The van der Waals surface area contributed by atoms with Gasteiger partial charge in [-0.25, -0.2) is 0 Å². The quantitative estimate of drug-likeness (QED) is 0.845. The van der Waals surface area contributed by atoms with Crippen LogP contribution in [-0.2, 0) is 16.6 Å². The predicted molar refractivity (Wildman–Crippen MR) is 100 cm³/mol. The van der Waals surface area contributed by atoms with Crippen molar-refractivity contribution in [2.24, 2.45) is 5.73 Å². The van der Waals surface area contributed by atoms with Gasteiger partial charge < -0.3 is 11.1 Å². The average Bonchev–Trinajstić information content (AvgIpc) is 2.55. The van der Waals surface area contributed by atoms with Crippen LogP contribution in [0.4, 0.5) is 0 Å². The van der Waals surface area contributed by atoms with Crippen molar-refractivity contribution < 1.29 is 4.79 Å². The standard InChI is InChI=1S/C20H24N2O.ClH/c21-18(14-16-8-3-1-4-9-16)19(23)22-15-20(12-7-13-20)17-10-5-2-6-11-17;/h1-6,8-11,18H,7,12-15,21H2,(H,22,23);1H. The summed E-state index contributed by atoms with van der Waals surface area (Å²) in [6.07, 6.45) is 4.06. The Morgan fingerprint density at radius 3 is 2.17 bits per heavy atom. The van der Waals surface area contributed by atoms with Gasteiger partial charge in [-0.15, -0.1) is 12.4 Å². The molecule has 1 unspecified atom stereocenters. The lowest BCUT2D eigenvalue weighted by atomic mass is 9.64. The Morgan fingerprint density at radius 2 is 1.62 bits per heavy atom. The van der Waals surface area contributed by atoms with Gasteiger partial charge in [0.25, 0.3) is 0 Å². The van der Waals surface area contributed by atoms with Gasteiger partial charge in [0.05, 0.1) is 6.04 Å². The third kappa shape index (κ3) is 4.16. The first kappa shape index (κ1) is 18.5. The Balaban J connectivity index is 0.00000208. The lowest BCUT2D eigenvalue weighted by molar-refractivity contribution is -0.122. The molecule has 1 amide bonds. The zero-order valence-corrected chi connectivity index (χ0v) is 14.6. The number of carbonyl (C=O) groups excluding carboxylic acids is 1. The maximum atomic E-state index is 12.3. The molecule has 0 heterocycles. The van der Waals surface area contributed by atoms with Crippen molar-refractivity contribution in [1.29, 1.82) is 0 Å². The van der Waals surface area contributed by atoms with Crippen LogP contribution in [0.25, 0.3) is 0 Å². The van der Waals surface area contributed by atoms with Gasteiger partial charge in [-0.3, -0.25) is 4.79 Å². The van der Waals surface area contributed by atoms with Crippen LogP contribution in [0.5, 0.6) is 0 Å². The van der Waals surface area contributed by atoms with Crippen LogP contribution in [0, 0.1) is 0 Å². The van der Waals surface area contributed by atoms with Crippen LogP contribution in [0.2, 0.25) is 0 Å². The summed E-state index contributed by atoms with van der Waals surface area (Å²) in [6, 6.07) is 19.9. The van der Waals surface area contributed by atoms with Crippen LogP contribution < -0.4 is 11.1 Å². The van der Waals surface area contributed by atoms with Gasteiger partial charge in [-0.1, -0.05) is 67.1 Å². The molecule has 3 N–H and O–H groups in total. The number of carbonyl (C=O) groups is 1. The second kappa shape index (κ2) is 8.32. The second-order valence-electron chi connectivity index (χ2n) is 6.51. The number of nitrogens with one attached hydrogen (secondary N) is 1. The molecule has 3 rings (SSSR count). The molecule has 0 saturated heterocycles. The highest BCUT2D eigenvalue weighted by Crippen LogP contribution is 2.43. The maximum absolute atomic E-state index is 12.3. The highest BCUT2D eigenvalue weighted by atomic mass is 35.5. The van der Waals surface area contributed by atoms with Gasteiger partial charge >= 0.3 is 0 Å². The molecule has 1 fully saturated rings. The average molecular weight is 345 g/mol. The largest absolute Gasteiger partial charge is 0.354 e. The van der Waals surface area contributed by atoms with E-state index in [0.29, 0.717) is 13.0 Å². The predicted octanol–water partition coefficient (Wildman–Crippen LogP) is 3.22. The Bertz CT molecular complexity index is 641. The summed E-state index contributed by atoms with van der Waals surface area (Å²) in [6.45, 7) is 0.679. The molecule has 1 aliphatic rings. The van der Waals surface area contributed by atoms with E-state index in [9.17, 15) is 4.79 Å². The molecule has 4 heteroatoms. The van der Waals surface area contributed by atoms with Crippen LogP contribution >= 0.6 is 12.4 Å². The van der Waals surface area contributed by atoms with Crippen LogP contribution in [-0.4, -0.2) is 18.5 Å². The lowest BCUT2D eigenvalue weighted by Gasteiger charge is -2.42. The summed E-state index contributed by atoms with van der Waals surface area (Å²) >= 11 is 0. The minimum absolute atomic E-state index is 0. The van der Waals surface area contributed by atoms with Crippen LogP contribution in [0.3, 0.4) is 0 Å². The summed E-state index contributed by atoms with van der Waals surface area (Å²) in [5, 5.41) is 3.08. The molecule has 1 aliphatic carbocycles. The Kier molecular flexibility index (Phi) is 6.41. The zero-order valence-electron chi connectivity index (χ0n) is 13.8. The molecule has 1 atom stereocenters. The summed E-state index contributed by atoms with van der Waals surface area (Å²) in [7, 11) is 0. The Hall–Kier alpha value is -1.84. The third-order valence-corrected chi connectivity index (χ3v) is 4.93. The minimum Gasteiger partial charge on any atom is -0.354 e. The Morgan fingerprint density at radius 1 is 1.04 bits per heavy atom. The molecule has 3 nitrogen and oxygen atoms in total. The van der Waals surface area contributed by atoms with Crippen LogP contribution in [0.15, 0.2) is 60.7 Å². The van der Waals surface area contributed by atoms with E-state index in [1.807, 2.05) is 36.4 Å². The normalized spacial score (nSPS) is 16.4. The second-order valence-corrected chi connectivity index (χ2v) is 6.51. The van der Waals surface area contributed by atoms with Gasteiger partial charge in [0.15, 0.2) is 0 Å². The molecule has 0 aromatic heterocycles. The highest BCUT2D eigenvalue weighted by Gasteiger charge is 2.38. The summed E-state index contributed by atoms with van der Waals surface area (Å²) in [5.74, 6) is -0.0592. The molecular formula is C20H25ClN2O. The van der Waals surface area contributed by atoms with E-state index in [1.165, 1.54) is 12.0 Å². The molecule has 2 aromatic carbocycles. The van der Waals surface area contributed by atoms with E-state index in [4.69, 9.17) is 5.73 Å². The molecule has 24 heavy (non-hydrogen) atoms. The smallest absolute Gasteiger partial charge is 0.237 e. The van der Waals surface area contributed by atoms with E-state index in [-0.39, 0.29) is 23.7 Å². The van der Waals surface area contributed by atoms with E-state index in [0.717, 1.165) is 18.4 Å². The number of rotatable bonds is 6. The number of nitrogens with two attached hydrogens (primary N) is 1. The summed E-state index contributed by atoms with van der Waals surface area (Å²) in [4.78, 5) is 12.3.